The van der Waals surface area contributed by atoms with Crippen LogP contribution in [0, 0.1) is 0 Å². The second kappa shape index (κ2) is 9.94. The highest BCUT2D eigenvalue weighted by Crippen LogP contribution is 2.51. The fraction of sp³-hybridized carbons (Fsp3) is 0.483. The van der Waals surface area contributed by atoms with E-state index in [0.29, 0.717) is 37.0 Å². The summed E-state index contributed by atoms with van der Waals surface area (Å²) in [5.74, 6) is 2.11. The number of fused-ring (bicyclic) bond motifs is 4. The third kappa shape index (κ3) is 4.64. The second-order valence-electron chi connectivity index (χ2n) is 10.1. The Morgan fingerprint density at radius 2 is 1.69 bits per heavy atom. The van der Waals surface area contributed by atoms with Crippen LogP contribution in [0.4, 0.5) is 16.2 Å². The number of para-hydroxylation sites is 2. The van der Waals surface area contributed by atoms with E-state index in [-0.39, 0.29) is 6.09 Å². The van der Waals surface area contributed by atoms with Crippen molar-refractivity contribution >= 4 is 17.5 Å². The molecule has 35 heavy (non-hydrogen) atoms. The average Bonchev–Trinajstić information content (AvgIpc) is 3.08. The summed E-state index contributed by atoms with van der Waals surface area (Å²) in [5, 5.41) is 0. The Morgan fingerprint density at radius 3 is 2.37 bits per heavy atom. The van der Waals surface area contributed by atoms with Crippen molar-refractivity contribution in [3.8, 4) is 17.2 Å². The van der Waals surface area contributed by atoms with E-state index >= 15 is 0 Å². The second-order valence-corrected chi connectivity index (χ2v) is 10.1. The van der Waals surface area contributed by atoms with Gasteiger partial charge in [0.25, 0.3) is 0 Å². The van der Waals surface area contributed by atoms with Crippen LogP contribution in [0.1, 0.15) is 53.4 Å². The molecule has 2 unspecified atom stereocenters. The molecular weight excluding hydrogens is 438 g/mol. The standard InChI is InChI=1S/C29H37N3O3/c1-5-30(6-2)29(33)34-24-13-14-26-28(19-24)35-27-10-8-7-9-25(27)32(26)23-17-21-11-12-22(18-23)31(21)16-15-20(3)4/h7-10,13-15,19,21-23H,5-6,11-12,16-18H2,1-4H3. The normalized spacial score (nSPS) is 22.6. The number of hydrogen-bond donors (Lipinski definition) is 0. The molecule has 2 aromatic rings. The molecule has 0 radical (unpaired) electrons. The highest BCUT2D eigenvalue weighted by Gasteiger charge is 2.43. The van der Waals surface area contributed by atoms with Crippen LogP contribution in [0.5, 0.6) is 17.2 Å². The summed E-state index contributed by atoms with van der Waals surface area (Å²) in [5.41, 5.74) is 3.56. The predicted octanol–water partition coefficient (Wildman–Crippen LogP) is 6.73. The Hall–Kier alpha value is -2.99. The van der Waals surface area contributed by atoms with Gasteiger partial charge < -0.3 is 19.3 Å². The molecular formula is C29H37N3O3. The van der Waals surface area contributed by atoms with Crippen LogP contribution in [0.15, 0.2) is 54.1 Å². The zero-order valence-corrected chi connectivity index (χ0v) is 21.4. The molecule has 186 valence electrons. The fourth-order valence-corrected chi connectivity index (χ4v) is 5.91. The number of piperidine rings is 1. The third-order valence-electron chi connectivity index (χ3n) is 7.70. The zero-order chi connectivity index (χ0) is 24.5. The lowest BCUT2D eigenvalue weighted by molar-refractivity contribution is 0.142. The molecule has 3 aliphatic rings. The smallest absolute Gasteiger partial charge is 0.415 e. The predicted molar refractivity (Wildman–Crippen MR) is 140 cm³/mol. The maximum atomic E-state index is 12.5. The molecule has 0 aliphatic carbocycles. The molecule has 2 bridgehead atoms. The van der Waals surface area contributed by atoms with E-state index in [4.69, 9.17) is 9.47 Å². The van der Waals surface area contributed by atoms with Gasteiger partial charge in [-0.25, -0.2) is 4.79 Å². The maximum absolute atomic E-state index is 12.5. The number of anilines is 2. The van der Waals surface area contributed by atoms with E-state index in [1.165, 1.54) is 18.4 Å². The van der Waals surface area contributed by atoms with E-state index in [2.05, 4.69) is 41.9 Å². The van der Waals surface area contributed by atoms with E-state index < -0.39 is 0 Å². The van der Waals surface area contributed by atoms with Gasteiger partial charge in [-0.1, -0.05) is 23.8 Å². The number of allylic oxidation sites excluding steroid dienone is 1. The first-order valence-corrected chi connectivity index (χ1v) is 13.0. The van der Waals surface area contributed by atoms with Crippen molar-refractivity contribution in [2.45, 2.75) is 71.5 Å². The molecule has 0 aromatic heterocycles. The summed E-state index contributed by atoms with van der Waals surface area (Å²) in [6, 6.07) is 15.7. The number of amides is 1. The van der Waals surface area contributed by atoms with Crippen LogP contribution in [-0.4, -0.2) is 53.7 Å². The molecule has 1 amide bonds. The van der Waals surface area contributed by atoms with Crippen LogP contribution in [0.3, 0.4) is 0 Å². The molecule has 3 aliphatic heterocycles. The van der Waals surface area contributed by atoms with Gasteiger partial charge in [-0.15, -0.1) is 0 Å². The molecule has 0 saturated carbocycles. The largest absolute Gasteiger partial charge is 0.453 e. The summed E-state index contributed by atoms with van der Waals surface area (Å²) in [4.78, 5) is 19.4. The Labute approximate surface area is 209 Å². The summed E-state index contributed by atoms with van der Waals surface area (Å²) < 4.78 is 12.0. The average molecular weight is 476 g/mol. The summed E-state index contributed by atoms with van der Waals surface area (Å²) in [6.07, 6.45) is 6.86. The van der Waals surface area contributed by atoms with Crippen molar-refractivity contribution in [3.05, 3.63) is 54.1 Å². The van der Waals surface area contributed by atoms with Crippen molar-refractivity contribution < 1.29 is 14.3 Å². The fourth-order valence-electron chi connectivity index (χ4n) is 5.91. The molecule has 6 heteroatoms. The first kappa shape index (κ1) is 23.7. The minimum absolute atomic E-state index is 0.330. The molecule has 6 nitrogen and oxygen atoms in total. The lowest BCUT2D eigenvalue weighted by Crippen LogP contribution is -2.49. The lowest BCUT2D eigenvalue weighted by Gasteiger charge is -2.45. The summed E-state index contributed by atoms with van der Waals surface area (Å²) in [7, 11) is 0. The van der Waals surface area contributed by atoms with E-state index in [1.54, 1.807) is 4.90 Å². The minimum Gasteiger partial charge on any atom is -0.453 e. The van der Waals surface area contributed by atoms with Crippen LogP contribution < -0.4 is 14.4 Å². The molecule has 2 fully saturated rings. The Kier molecular flexibility index (Phi) is 6.74. The molecule has 0 N–H and O–H groups in total. The number of benzene rings is 2. The van der Waals surface area contributed by atoms with Crippen molar-refractivity contribution in [1.82, 2.24) is 9.80 Å². The highest BCUT2D eigenvalue weighted by atomic mass is 16.6. The Bertz CT molecular complexity index is 1090. The summed E-state index contributed by atoms with van der Waals surface area (Å²) >= 11 is 0. The van der Waals surface area contributed by atoms with Crippen molar-refractivity contribution in [1.29, 1.82) is 0 Å². The van der Waals surface area contributed by atoms with E-state index in [0.717, 1.165) is 42.3 Å². The van der Waals surface area contributed by atoms with Crippen molar-refractivity contribution in [3.63, 3.8) is 0 Å². The number of carbonyl (C=O) groups excluding carboxylic acids is 1. The number of rotatable bonds is 6. The molecule has 5 rings (SSSR count). The van der Waals surface area contributed by atoms with E-state index in [1.807, 2.05) is 44.2 Å². The van der Waals surface area contributed by atoms with Gasteiger partial charge in [-0.2, -0.15) is 0 Å². The molecule has 3 heterocycles. The lowest BCUT2D eigenvalue weighted by atomic mass is 9.94. The van der Waals surface area contributed by atoms with Gasteiger partial charge >= 0.3 is 6.09 Å². The van der Waals surface area contributed by atoms with Crippen LogP contribution in [0.2, 0.25) is 0 Å². The molecule has 2 atom stereocenters. The molecule has 0 spiro atoms. The quantitative estimate of drug-likeness (QED) is 0.433. The van der Waals surface area contributed by atoms with Crippen LogP contribution in [0.25, 0.3) is 0 Å². The number of carbonyl (C=O) groups is 1. The topological polar surface area (TPSA) is 45.3 Å². The first-order valence-electron chi connectivity index (χ1n) is 13.0. The third-order valence-corrected chi connectivity index (χ3v) is 7.70. The van der Waals surface area contributed by atoms with Crippen molar-refractivity contribution in [2.75, 3.05) is 24.5 Å². The zero-order valence-electron chi connectivity index (χ0n) is 21.4. The van der Waals surface area contributed by atoms with Gasteiger partial charge in [0.2, 0.25) is 0 Å². The Balaban J connectivity index is 1.43. The number of hydrogen-bond acceptors (Lipinski definition) is 5. The highest BCUT2D eigenvalue weighted by molar-refractivity contribution is 5.80. The van der Waals surface area contributed by atoms with Gasteiger partial charge in [0.15, 0.2) is 11.5 Å². The minimum atomic E-state index is -0.330. The summed E-state index contributed by atoms with van der Waals surface area (Å²) in [6.45, 7) is 10.6. The molecule has 2 saturated heterocycles. The van der Waals surface area contributed by atoms with Gasteiger partial charge in [0.05, 0.1) is 11.4 Å². The van der Waals surface area contributed by atoms with Gasteiger partial charge in [-0.3, -0.25) is 4.90 Å². The Morgan fingerprint density at radius 1 is 1.00 bits per heavy atom. The van der Waals surface area contributed by atoms with Gasteiger partial charge in [0, 0.05) is 43.8 Å². The monoisotopic (exact) mass is 475 g/mol. The number of ether oxygens (including phenoxy) is 2. The molecule has 2 aromatic carbocycles. The van der Waals surface area contributed by atoms with Crippen molar-refractivity contribution in [2.24, 2.45) is 0 Å². The van der Waals surface area contributed by atoms with Gasteiger partial charge in [0.1, 0.15) is 5.75 Å². The SMILES string of the molecule is CCN(CC)C(=O)Oc1ccc2c(c1)Oc1ccccc1N2C1CC2CCC(C1)N2CC=C(C)C. The number of nitrogens with zero attached hydrogens (tertiary/aromatic N) is 3. The first-order chi connectivity index (χ1) is 17.0. The maximum Gasteiger partial charge on any atom is 0.415 e. The van der Waals surface area contributed by atoms with Gasteiger partial charge in [-0.05, 0) is 77.6 Å². The van der Waals surface area contributed by atoms with Crippen LogP contribution >= 0.6 is 0 Å². The van der Waals surface area contributed by atoms with Crippen LogP contribution in [-0.2, 0) is 0 Å². The van der Waals surface area contributed by atoms with E-state index in [9.17, 15) is 4.79 Å².